The molecule has 0 saturated heterocycles. The summed E-state index contributed by atoms with van der Waals surface area (Å²) >= 11 is 2.16. The molecule has 0 aliphatic rings. The van der Waals surface area contributed by atoms with Crippen LogP contribution in [-0.4, -0.2) is 17.6 Å². The first-order valence-corrected chi connectivity index (χ1v) is 6.19. The van der Waals surface area contributed by atoms with Gasteiger partial charge in [0.2, 0.25) is 5.43 Å². The third kappa shape index (κ3) is 2.33. The summed E-state index contributed by atoms with van der Waals surface area (Å²) in [6, 6.07) is 5.39. The molecule has 1 aromatic carbocycles. The maximum Gasteiger partial charge on any atom is 0.343 e. The van der Waals surface area contributed by atoms with Crippen LogP contribution in [-0.2, 0) is 4.74 Å². The van der Waals surface area contributed by atoms with Crippen LogP contribution >= 0.6 is 22.6 Å². The molecule has 17 heavy (non-hydrogen) atoms. The van der Waals surface area contributed by atoms with Crippen LogP contribution in [0.25, 0.3) is 10.9 Å². The number of esters is 1. The highest BCUT2D eigenvalue weighted by atomic mass is 127. The predicted molar refractivity (Wildman–Crippen MR) is 73.2 cm³/mol. The van der Waals surface area contributed by atoms with E-state index in [4.69, 9.17) is 4.74 Å². The van der Waals surface area contributed by atoms with Gasteiger partial charge in [0.05, 0.1) is 12.1 Å². The number of ether oxygens (including phenoxy) is 1. The number of hydrogen-bond acceptors (Lipinski definition) is 3. The summed E-state index contributed by atoms with van der Waals surface area (Å²) in [5, 5.41) is 0.496. The van der Waals surface area contributed by atoms with Crippen molar-refractivity contribution in [1.82, 2.24) is 4.98 Å². The number of aromatic nitrogens is 1. The topological polar surface area (TPSA) is 59.2 Å². The van der Waals surface area contributed by atoms with Crippen molar-refractivity contribution in [3.63, 3.8) is 0 Å². The van der Waals surface area contributed by atoms with Gasteiger partial charge in [0.1, 0.15) is 5.56 Å². The van der Waals surface area contributed by atoms with Gasteiger partial charge in [0, 0.05) is 15.2 Å². The largest absolute Gasteiger partial charge is 0.462 e. The summed E-state index contributed by atoms with van der Waals surface area (Å²) in [7, 11) is 0. The lowest BCUT2D eigenvalue weighted by Gasteiger charge is -2.03. The Morgan fingerprint density at radius 2 is 2.24 bits per heavy atom. The van der Waals surface area contributed by atoms with Gasteiger partial charge in [-0.2, -0.15) is 0 Å². The van der Waals surface area contributed by atoms with Gasteiger partial charge in [-0.25, -0.2) is 4.79 Å². The monoisotopic (exact) mass is 343 g/mol. The van der Waals surface area contributed by atoms with E-state index >= 15 is 0 Å². The first kappa shape index (κ1) is 12.1. The number of fused-ring (bicyclic) bond motifs is 1. The number of nitrogens with one attached hydrogen (secondary N) is 1. The molecule has 0 unspecified atom stereocenters. The number of hydrogen-bond donors (Lipinski definition) is 1. The quantitative estimate of drug-likeness (QED) is 0.673. The first-order valence-electron chi connectivity index (χ1n) is 5.11. The van der Waals surface area contributed by atoms with E-state index in [0.29, 0.717) is 5.39 Å². The predicted octanol–water partition coefficient (Wildman–Crippen LogP) is 2.31. The van der Waals surface area contributed by atoms with Gasteiger partial charge in [-0.15, -0.1) is 0 Å². The van der Waals surface area contributed by atoms with Gasteiger partial charge in [-0.3, -0.25) is 4.79 Å². The Labute approximate surface area is 111 Å². The average molecular weight is 343 g/mol. The summed E-state index contributed by atoms with van der Waals surface area (Å²) < 4.78 is 5.84. The molecule has 1 heterocycles. The number of carbonyl (C=O) groups excluding carboxylic acids is 1. The van der Waals surface area contributed by atoms with Crippen molar-refractivity contribution >= 4 is 39.5 Å². The van der Waals surface area contributed by atoms with Crippen molar-refractivity contribution in [3.8, 4) is 0 Å². The average Bonchev–Trinajstić information content (AvgIpc) is 2.29. The van der Waals surface area contributed by atoms with Crippen LogP contribution in [0.3, 0.4) is 0 Å². The molecule has 0 fully saturated rings. The molecule has 0 spiro atoms. The molecule has 0 saturated carbocycles. The third-order valence-electron chi connectivity index (χ3n) is 2.34. The highest BCUT2D eigenvalue weighted by molar-refractivity contribution is 14.1. The van der Waals surface area contributed by atoms with Crippen LogP contribution < -0.4 is 5.43 Å². The molecule has 0 amide bonds. The molecule has 2 aromatic rings. The summed E-state index contributed by atoms with van der Waals surface area (Å²) in [5.41, 5.74) is 0.462. The number of carbonyl (C=O) groups is 1. The van der Waals surface area contributed by atoms with Crippen molar-refractivity contribution in [2.45, 2.75) is 6.92 Å². The molecule has 0 aliphatic carbocycles. The molecular weight excluding hydrogens is 333 g/mol. The van der Waals surface area contributed by atoms with E-state index in [9.17, 15) is 9.59 Å². The lowest BCUT2D eigenvalue weighted by molar-refractivity contribution is 0.0524. The van der Waals surface area contributed by atoms with Crippen LogP contribution in [0.2, 0.25) is 0 Å². The molecular formula is C12H10INO3. The van der Waals surface area contributed by atoms with E-state index in [2.05, 4.69) is 27.6 Å². The van der Waals surface area contributed by atoms with Crippen molar-refractivity contribution in [1.29, 1.82) is 0 Å². The Kier molecular flexibility index (Phi) is 3.46. The zero-order chi connectivity index (χ0) is 12.4. The van der Waals surface area contributed by atoms with E-state index in [0.717, 1.165) is 9.09 Å². The van der Waals surface area contributed by atoms with E-state index in [1.807, 2.05) is 12.1 Å². The second-order valence-electron chi connectivity index (χ2n) is 3.44. The molecule has 0 aliphatic heterocycles. The van der Waals surface area contributed by atoms with Crippen molar-refractivity contribution in [3.05, 3.63) is 43.8 Å². The molecule has 1 aromatic heterocycles. The summed E-state index contributed by atoms with van der Waals surface area (Å²) in [6.45, 7) is 1.96. The Hall–Kier alpha value is -1.37. The van der Waals surface area contributed by atoms with E-state index in [1.165, 1.54) is 6.20 Å². The lowest BCUT2D eigenvalue weighted by Crippen LogP contribution is -2.18. The first-order chi connectivity index (χ1) is 8.13. The zero-order valence-electron chi connectivity index (χ0n) is 9.12. The van der Waals surface area contributed by atoms with Gasteiger partial charge in [0.15, 0.2) is 0 Å². The van der Waals surface area contributed by atoms with Gasteiger partial charge in [-0.1, -0.05) is 0 Å². The van der Waals surface area contributed by atoms with Crippen LogP contribution in [0.15, 0.2) is 29.2 Å². The minimum atomic E-state index is -0.589. The number of rotatable bonds is 2. The summed E-state index contributed by atoms with van der Waals surface area (Å²) in [4.78, 5) is 26.5. The summed E-state index contributed by atoms with van der Waals surface area (Å²) in [6.07, 6.45) is 1.40. The van der Waals surface area contributed by atoms with Crippen molar-refractivity contribution in [2.75, 3.05) is 6.61 Å². The van der Waals surface area contributed by atoms with Crippen molar-refractivity contribution in [2.24, 2.45) is 0 Å². The summed E-state index contributed by atoms with van der Waals surface area (Å²) in [5.74, 6) is -0.589. The van der Waals surface area contributed by atoms with Gasteiger partial charge in [0.25, 0.3) is 0 Å². The minimum absolute atomic E-state index is 0.0422. The van der Waals surface area contributed by atoms with Crippen LogP contribution in [0.4, 0.5) is 0 Å². The normalized spacial score (nSPS) is 10.5. The Morgan fingerprint density at radius 3 is 2.94 bits per heavy atom. The second kappa shape index (κ2) is 4.87. The van der Waals surface area contributed by atoms with Crippen LogP contribution in [0, 0.1) is 3.57 Å². The fourth-order valence-corrected chi connectivity index (χ4v) is 2.05. The Bertz CT molecular complexity index is 633. The van der Waals surface area contributed by atoms with E-state index < -0.39 is 5.97 Å². The highest BCUT2D eigenvalue weighted by Crippen LogP contribution is 2.13. The zero-order valence-corrected chi connectivity index (χ0v) is 11.3. The van der Waals surface area contributed by atoms with Crippen LogP contribution in [0.1, 0.15) is 17.3 Å². The molecule has 0 bridgehead atoms. The molecule has 4 nitrogen and oxygen atoms in total. The van der Waals surface area contributed by atoms with Crippen molar-refractivity contribution < 1.29 is 9.53 Å². The Morgan fingerprint density at radius 1 is 1.47 bits per heavy atom. The SMILES string of the molecule is CCOC(=O)c1c[nH]c2cc(I)ccc2c1=O. The van der Waals surface area contributed by atoms with Crippen LogP contribution in [0.5, 0.6) is 0 Å². The standard InChI is InChI=1S/C12H10INO3/c1-2-17-12(16)9-6-14-10-5-7(13)3-4-8(10)11(9)15/h3-6H,2H2,1H3,(H,14,15). The molecule has 1 N–H and O–H groups in total. The lowest BCUT2D eigenvalue weighted by atomic mass is 10.1. The fraction of sp³-hybridized carbons (Fsp3) is 0.167. The maximum absolute atomic E-state index is 12.0. The Balaban J connectivity index is 2.62. The molecule has 0 radical (unpaired) electrons. The number of benzene rings is 1. The smallest absolute Gasteiger partial charge is 0.343 e. The minimum Gasteiger partial charge on any atom is -0.462 e. The van der Waals surface area contributed by atoms with Gasteiger partial charge in [-0.05, 0) is 47.7 Å². The van der Waals surface area contributed by atoms with E-state index in [-0.39, 0.29) is 17.6 Å². The number of H-pyrrole nitrogens is 1. The second-order valence-corrected chi connectivity index (χ2v) is 4.69. The molecule has 5 heteroatoms. The highest BCUT2D eigenvalue weighted by Gasteiger charge is 2.13. The number of aromatic amines is 1. The number of halogens is 1. The fourth-order valence-electron chi connectivity index (χ4n) is 1.55. The van der Waals surface area contributed by atoms with E-state index in [1.54, 1.807) is 13.0 Å². The van der Waals surface area contributed by atoms with Gasteiger partial charge < -0.3 is 9.72 Å². The maximum atomic E-state index is 12.0. The molecule has 0 atom stereocenters. The third-order valence-corrected chi connectivity index (χ3v) is 3.01. The number of pyridine rings is 1. The molecule has 88 valence electrons. The van der Waals surface area contributed by atoms with Gasteiger partial charge >= 0.3 is 5.97 Å². The molecule has 2 rings (SSSR count).